The van der Waals surface area contributed by atoms with E-state index in [2.05, 4.69) is 4.98 Å². The Balaban J connectivity index is 1.74. The number of aromatic nitrogens is 1. The molecule has 4 atom stereocenters. The number of unbranched alkanes of at least 4 members (excludes halogenated alkanes) is 1. The van der Waals surface area contributed by atoms with E-state index >= 15 is 0 Å². The zero-order valence-corrected chi connectivity index (χ0v) is 23.6. The summed E-state index contributed by atoms with van der Waals surface area (Å²) in [6.07, 6.45) is 2.69. The van der Waals surface area contributed by atoms with Crippen LogP contribution in [0.15, 0.2) is 12.3 Å². The Kier molecular flexibility index (Phi) is 12.1. The maximum absolute atomic E-state index is 13.3. The SMILES string of the molecule is CCCCO[C@H]1CCOC[C@H](CC(=O)c2nccc(OC)c2OCOC(C)=O)C(=O)O[C@@H](C)[C@@H]1OC(=O)C1CC1. The van der Waals surface area contributed by atoms with Crippen molar-refractivity contribution in [1.29, 1.82) is 0 Å². The molecule has 2 fully saturated rings. The molecule has 0 radical (unpaired) electrons. The van der Waals surface area contributed by atoms with Gasteiger partial charge in [-0.15, -0.1) is 0 Å². The second-order valence-electron chi connectivity index (χ2n) is 9.86. The van der Waals surface area contributed by atoms with Crippen LogP contribution in [-0.4, -0.2) is 80.7 Å². The van der Waals surface area contributed by atoms with Crippen LogP contribution in [0.5, 0.6) is 11.5 Å². The number of hydrogen-bond donors (Lipinski definition) is 0. The normalized spacial score (nSPS) is 23.4. The van der Waals surface area contributed by atoms with Crippen LogP contribution in [0, 0.1) is 11.8 Å². The number of pyridine rings is 1. The van der Waals surface area contributed by atoms with E-state index in [1.165, 1.54) is 26.3 Å². The predicted molar refractivity (Wildman–Crippen MR) is 139 cm³/mol. The lowest BCUT2D eigenvalue weighted by Gasteiger charge is -2.33. The number of rotatable bonds is 13. The van der Waals surface area contributed by atoms with Gasteiger partial charge in [-0.2, -0.15) is 0 Å². The highest BCUT2D eigenvalue weighted by molar-refractivity contribution is 5.99. The van der Waals surface area contributed by atoms with E-state index in [0.717, 1.165) is 25.7 Å². The number of ketones is 1. The molecule has 0 unspecified atom stereocenters. The number of ether oxygens (including phenoxy) is 7. The van der Waals surface area contributed by atoms with Crippen molar-refractivity contribution in [1.82, 2.24) is 4.98 Å². The number of Topliss-reactive ketones (excluding diaryl/α,β-unsaturated/α-hetero) is 1. The number of carbonyl (C=O) groups excluding carboxylic acids is 4. The second-order valence-corrected chi connectivity index (χ2v) is 9.86. The Morgan fingerprint density at radius 1 is 1.18 bits per heavy atom. The van der Waals surface area contributed by atoms with Gasteiger partial charge in [0.1, 0.15) is 12.2 Å². The first kappa shape index (κ1) is 31.3. The van der Waals surface area contributed by atoms with Crippen LogP contribution in [-0.2, 0) is 38.1 Å². The molecule has 0 amide bonds. The molecule has 1 aromatic rings. The fourth-order valence-corrected chi connectivity index (χ4v) is 4.15. The van der Waals surface area contributed by atoms with E-state index < -0.39 is 48.7 Å². The summed E-state index contributed by atoms with van der Waals surface area (Å²) in [5.41, 5.74) is -0.0925. The lowest BCUT2D eigenvalue weighted by atomic mass is 9.99. The molecule has 0 N–H and O–H groups in total. The monoisotopic (exact) mass is 565 g/mol. The average molecular weight is 566 g/mol. The lowest BCUT2D eigenvalue weighted by Crippen LogP contribution is -2.46. The molecule has 1 aliphatic heterocycles. The minimum atomic E-state index is -0.957. The molecule has 12 heteroatoms. The zero-order chi connectivity index (χ0) is 29.1. The molecular formula is C28H39NO11. The van der Waals surface area contributed by atoms with Crippen molar-refractivity contribution in [2.45, 2.75) is 77.6 Å². The molecule has 0 spiro atoms. The third-order valence-corrected chi connectivity index (χ3v) is 6.57. The molecule has 1 aliphatic carbocycles. The largest absolute Gasteiger partial charge is 0.493 e. The van der Waals surface area contributed by atoms with Gasteiger partial charge in [-0.1, -0.05) is 13.3 Å². The predicted octanol–water partition coefficient (Wildman–Crippen LogP) is 3.04. The van der Waals surface area contributed by atoms with Gasteiger partial charge < -0.3 is 33.2 Å². The van der Waals surface area contributed by atoms with Crippen molar-refractivity contribution < 1.29 is 52.3 Å². The van der Waals surface area contributed by atoms with Gasteiger partial charge in [0, 0.05) is 45.2 Å². The molecule has 12 nitrogen and oxygen atoms in total. The third-order valence-electron chi connectivity index (χ3n) is 6.57. The first-order valence-corrected chi connectivity index (χ1v) is 13.7. The van der Waals surface area contributed by atoms with Crippen LogP contribution in [0.25, 0.3) is 0 Å². The topological polar surface area (TPSA) is 146 Å². The molecule has 222 valence electrons. The maximum Gasteiger partial charge on any atom is 0.312 e. The lowest BCUT2D eigenvalue weighted by molar-refractivity contribution is -0.187. The molecule has 1 saturated carbocycles. The van der Waals surface area contributed by atoms with Crippen molar-refractivity contribution >= 4 is 23.7 Å². The molecule has 0 aromatic carbocycles. The summed E-state index contributed by atoms with van der Waals surface area (Å²) in [5.74, 6) is -2.99. The van der Waals surface area contributed by atoms with Crippen molar-refractivity contribution in [2.24, 2.45) is 11.8 Å². The average Bonchev–Trinajstić information content (AvgIpc) is 3.77. The Morgan fingerprint density at radius 2 is 1.95 bits per heavy atom. The standard InChI is InChI=1S/C28H39NO11/c1-5-6-12-36-23-10-13-35-15-20(28(33)39-17(2)25(23)40-27(32)19-7-8-19)14-21(31)24-26(38-16-37-18(3)30)22(34-4)9-11-29-24/h9,11,17,19-20,23,25H,5-8,10,12-16H2,1-4H3/t17-,20-,23-,25-/m0/s1. The molecule has 3 rings (SSSR count). The summed E-state index contributed by atoms with van der Waals surface area (Å²) in [5, 5.41) is 0. The smallest absolute Gasteiger partial charge is 0.312 e. The van der Waals surface area contributed by atoms with Crippen LogP contribution in [0.3, 0.4) is 0 Å². The van der Waals surface area contributed by atoms with E-state index in [0.29, 0.717) is 13.0 Å². The minimum Gasteiger partial charge on any atom is -0.493 e. The van der Waals surface area contributed by atoms with Gasteiger partial charge in [-0.05, 0) is 26.2 Å². The number of carbonyl (C=O) groups is 4. The number of esters is 3. The Labute approximate surface area is 233 Å². The number of nitrogens with zero attached hydrogens (tertiary/aromatic N) is 1. The summed E-state index contributed by atoms with van der Waals surface area (Å²) < 4.78 is 38.9. The quantitative estimate of drug-likeness (QED) is 0.114. The highest BCUT2D eigenvalue weighted by Crippen LogP contribution is 2.33. The Bertz CT molecular complexity index is 1030. The fraction of sp³-hybridized carbons (Fsp3) is 0.679. The molecule has 1 saturated heterocycles. The van der Waals surface area contributed by atoms with Crippen molar-refractivity contribution in [3.8, 4) is 11.5 Å². The Hall–Kier alpha value is -3.25. The zero-order valence-electron chi connectivity index (χ0n) is 23.6. The van der Waals surface area contributed by atoms with Crippen LogP contribution < -0.4 is 9.47 Å². The van der Waals surface area contributed by atoms with Gasteiger partial charge in [-0.25, -0.2) is 4.98 Å². The van der Waals surface area contributed by atoms with Gasteiger partial charge in [0.15, 0.2) is 29.1 Å². The molecule has 0 bridgehead atoms. The summed E-state index contributed by atoms with van der Waals surface area (Å²) in [6, 6.07) is 1.49. The number of hydrogen-bond acceptors (Lipinski definition) is 12. The van der Waals surface area contributed by atoms with Gasteiger partial charge >= 0.3 is 17.9 Å². The first-order valence-electron chi connectivity index (χ1n) is 13.7. The highest BCUT2D eigenvalue weighted by atomic mass is 16.7. The van der Waals surface area contributed by atoms with Gasteiger partial charge in [-0.3, -0.25) is 19.2 Å². The van der Waals surface area contributed by atoms with E-state index in [-0.39, 0.29) is 48.7 Å². The molecular weight excluding hydrogens is 526 g/mol. The molecule has 40 heavy (non-hydrogen) atoms. The number of methoxy groups -OCH3 is 1. The second kappa shape index (κ2) is 15.5. The van der Waals surface area contributed by atoms with Crippen LogP contribution in [0.4, 0.5) is 0 Å². The molecule has 2 aliphatic rings. The van der Waals surface area contributed by atoms with Crippen molar-refractivity contribution in [3.63, 3.8) is 0 Å². The first-order chi connectivity index (χ1) is 19.2. The third kappa shape index (κ3) is 9.16. The summed E-state index contributed by atoms with van der Waals surface area (Å²) in [6.45, 7) is 5.11. The van der Waals surface area contributed by atoms with Gasteiger partial charge in [0.2, 0.25) is 6.79 Å². The van der Waals surface area contributed by atoms with Gasteiger partial charge in [0.25, 0.3) is 0 Å². The Morgan fingerprint density at radius 3 is 2.62 bits per heavy atom. The molecule has 2 heterocycles. The highest BCUT2D eigenvalue weighted by Gasteiger charge is 2.40. The van der Waals surface area contributed by atoms with Crippen LogP contribution in [0.1, 0.15) is 69.8 Å². The summed E-state index contributed by atoms with van der Waals surface area (Å²) in [7, 11) is 1.39. The van der Waals surface area contributed by atoms with E-state index in [9.17, 15) is 19.2 Å². The van der Waals surface area contributed by atoms with Gasteiger partial charge in [0.05, 0.1) is 25.6 Å². The number of cyclic esters (lactones) is 1. The van der Waals surface area contributed by atoms with Crippen LogP contribution >= 0.6 is 0 Å². The molecule has 1 aromatic heterocycles. The van der Waals surface area contributed by atoms with Crippen molar-refractivity contribution in [2.75, 3.05) is 33.7 Å². The summed E-state index contributed by atoms with van der Waals surface area (Å²) >= 11 is 0. The fourth-order valence-electron chi connectivity index (χ4n) is 4.15. The minimum absolute atomic E-state index is 0.0158. The maximum atomic E-state index is 13.3. The van der Waals surface area contributed by atoms with E-state index in [1.807, 2.05) is 6.92 Å². The van der Waals surface area contributed by atoms with Crippen LogP contribution in [0.2, 0.25) is 0 Å². The van der Waals surface area contributed by atoms with E-state index in [4.69, 9.17) is 33.2 Å². The summed E-state index contributed by atoms with van der Waals surface area (Å²) in [4.78, 5) is 54.3. The van der Waals surface area contributed by atoms with E-state index in [1.54, 1.807) is 6.92 Å². The van der Waals surface area contributed by atoms with Crippen molar-refractivity contribution in [3.05, 3.63) is 18.0 Å².